The Hall–Kier alpha value is -3.05. The van der Waals surface area contributed by atoms with Gasteiger partial charge in [-0.3, -0.25) is 19.4 Å². The van der Waals surface area contributed by atoms with Gasteiger partial charge >= 0.3 is 11.9 Å². The van der Waals surface area contributed by atoms with Crippen LogP contribution in [0.1, 0.15) is 120 Å². The van der Waals surface area contributed by atoms with Gasteiger partial charge in [-0.05, 0) is 39.6 Å². The van der Waals surface area contributed by atoms with Gasteiger partial charge in [0.2, 0.25) is 5.91 Å². The number of nitrogens with one attached hydrogen (secondary N) is 1. The molecular weight excluding hydrogens is 588 g/mol. The first-order valence-electron chi connectivity index (χ1n) is 17.3. The number of unbranched alkanes of at least 4 members (excludes halogenated alkanes) is 12. The molecule has 1 amide bonds. The lowest BCUT2D eigenvalue weighted by Crippen LogP contribution is -2.41. The summed E-state index contributed by atoms with van der Waals surface area (Å²) in [4.78, 5) is 56.5. The lowest BCUT2D eigenvalue weighted by atomic mass is 10.0. The van der Waals surface area contributed by atoms with Crippen LogP contribution in [0, 0.1) is 0 Å². The van der Waals surface area contributed by atoms with Crippen LogP contribution >= 0.6 is 0 Å². The number of likely N-dealkylation sites (N-methyl/N-ethyl adjacent to an activating group) is 2. The normalized spacial score (nSPS) is 11.7. The van der Waals surface area contributed by atoms with Gasteiger partial charge in [0.25, 0.3) is 6.47 Å². The maximum atomic E-state index is 12.8. The molecule has 0 bridgehead atoms. The molecule has 1 aromatic rings. The number of pyridine rings is 1. The Kier molecular flexibility index (Phi) is 24.1. The molecule has 0 aromatic carbocycles. The van der Waals surface area contributed by atoms with Crippen LogP contribution in [0.25, 0.3) is 0 Å². The molecule has 1 atom stereocenters. The Labute approximate surface area is 277 Å². The average molecular weight is 649 g/mol. The summed E-state index contributed by atoms with van der Waals surface area (Å²) in [5.41, 5.74) is 0.803. The van der Waals surface area contributed by atoms with E-state index in [0.717, 1.165) is 25.8 Å². The second kappa shape index (κ2) is 27.1. The Balaban J connectivity index is 2.36. The molecule has 0 saturated carbocycles. The number of aromatic nitrogens is 1. The zero-order valence-electron chi connectivity index (χ0n) is 28.9. The van der Waals surface area contributed by atoms with Crippen LogP contribution in [0.5, 0.6) is 0 Å². The Bertz CT molecular complexity index is 976. The van der Waals surface area contributed by atoms with E-state index in [9.17, 15) is 19.2 Å². The van der Waals surface area contributed by atoms with Crippen LogP contribution in [-0.4, -0.2) is 98.7 Å². The molecule has 46 heavy (non-hydrogen) atoms. The van der Waals surface area contributed by atoms with E-state index in [1.165, 1.54) is 76.5 Å². The second-order valence-corrected chi connectivity index (χ2v) is 12.0. The summed E-state index contributed by atoms with van der Waals surface area (Å²) < 4.78 is 15.6. The summed E-state index contributed by atoms with van der Waals surface area (Å²) in [5.74, 6) is -1.04. The lowest BCUT2D eigenvalue weighted by molar-refractivity contribution is -0.149. The van der Waals surface area contributed by atoms with Gasteiger partial charge in [0, 0.05) is 38.8 Å². The Morgan fingerprint density at radius 3 is 2.11 bits per heavy atom. The standard InChI is InChI=1S/C35H60N4O7/c1-5-7-8-9-10-11-12-13-14-15-16-17-18-19-34(42)45-28-32(27-44-29-40)46-35(43)30-20-21-37-31(24-30)25-36-26-33(41)39(6-2)23-22-38(3)4/h20-21,24,29,32,36H,5-19,22-23,25-28H2,1-4H3. The number of esters is 2. The molecule has 11 heteroatoms. The van der Waals surface area contributed by atoms with E-state index in [-0.39, 0.29) is 50.2 Å². The fourth-order valence-corrected chi connectivity index (χ4v) is 4.92. The maximum Gasteiger partial charge on any atom is 0.338 e. The molecule has 1 rings (SSSR count). The smallest absolute Gasteiger partial charge is 0.338 e. The molecule has 1 N–H and O–H groups in total. The summed E-state index contributed by atoms with van der Waals surface area (Å²) in [6.07, 6.45) is 16.7. The molecule has 1 heterocycles. The van der Waals surface area contributed by atoms with Crippen molar-refractivity contribution in [3.05, 3.63) is 29.6 Å². The zero-order valence-corrected chi connectivity index (χ0v) is 28.9. The van der Waals surface area contributed by atoms with Gasteiger partial charge < -0.3 is 29.3 Å². The van der Waals surface area contributed by atoms with Crippen molar-refractivity contribution in [3.63, 3.8) is 0 Å². The predicted octanol–water partition coefficient (Wildman–Crippen LogP) is 5.30. The number of hydrogen-bond donors (Lipinski definition) is 1. The second-order valence-electron chi connectivity index (χ2n) is 12.0. The van der Waals surface area contributed by atoms with E-state index < -0.39 is 12.1 Å². The van der Waals surface area contributed by atoms with Crippen molar-refractivity contribution in [2.45, 2.75) is 116 Å². The van der Waals surface area contributed by atoms with E-state index in [4.69, 9.17) is 14.2 Å². The third-order valence-electron chi connectivity index (χ3n) is 7.72. The molecule has 1 unspecified atom stereocenters. The minimum atomic E-state index is -0.942. The average Bonchev–Trinajstić information content (AvgIpc) is 3.04. The summed E-state index contributed by atoms with van der Waals surface area (Å²) in [7, 11) is 3.93. The number of amides is 1. The van der Waals surface area contributed by atoms with Crippen LogP contribution in [0.15, 0.2) is 18.3 Å². The lowest BCUT2D eigenvalue weighted by Gasteiger charge is -2.23. The predicted molar refractivity (Wildman–Crippen MR) is 179 cm³/mol. The number of ether oxygens (including phenoxy) is 3. The third kappa shape index (κ3) is 20.9. The van der Waals surface area contributed by atoms with Gasteiger partial charge in [-0.15, -0.1) is 0 Å². The fraction of sp³-hybridized carbons (Fsp3) is 0.743. The SMILES string of the molecule is CCCCCCCCCCCCCCCC(=O)OCC(COC=O)OC(=O)c1ccnc(CNCC(=O)N(CC)CCN(C)C)c1. The first kappa shape index (κ1) is 41.0. The molecule has 0 saturated heterocycles. The summed E-state index contributed by atoms with van der Waals surface area (Å²) in [6.45, 7) is 6.49. The molecular formula is C35H60N4O7. The highest BCUT2D eigenvalue weighted by atomic mass is 16.6. The zero-order chi connectivity index (χ0) is 33.8. The number of carbonyl (C=O) groups excluding carboxylic acids is 4. The van der Waals surface area contributed by atoms with Crippen LogP contribution in [-0.2, 0) is 35.1 Å². The molecule has 0 fully saturated rings. The monoisotopic (exact) mass is 648 g/mol. The first-order valence-corrected chi connectivity index (χ1v) is 17.3. The maximum absolute atomic E-state index is 12.8. The highest BCUT2D eigenvalue weighted by Crippen LogP contribution is 2.13. The van der Waals surface area contributed by atoms with E-state index in [0.29, 0.717) is 25.2 Å². The number of hydrogen-bond acceptors (Lipinski definition) is 10. The van der Waals surface area contributed by atoms with Crippen molar-refractivity contribution in [1.29, 1.82) is 0 Å². The first-order chi connectivity index (χ1) is 22.3. The van der Waals surface area contributed by atoms with Crippen molar-refractivity contribution in [3.8, 4) is 0 Å². The molecule has 262 valence electrons. The largest absolute Gasteiger partial charge is 0.464 e. The van der Waals surface area contributed by atoms with Gasteiger partial charge in [0.1, 0.15) is 13.2 Å². The molecule has 11 nitrogen and oxygen atoms in total. The van der Waals surface area contributed by atoms with Gasteiger partial charge in [0.05, 0.1) is 17.8 Å². The summed E-state index contributed by atoms with van der Waals surface area (Å²) >= 11 is 0. The van der Waals surface area contributed by atoms with E-state index in [1.54, 1.807) is 11.0 Å². The quantitative estimate of drug-likeness (QED) is 0.0529. The molecule has 0 aliphatic heterocycles. The Morgan fingerprint density at radius 1 is 0.891 bits per heavy atom. The highest BCUT2D eigenvalue weighted by molar-refractivity contribution is 5.89. The Morgan fingerprint density at radius 2 is 1.52 bits per heavy atom. The van der Waals surface area contributed by atoms with E-state index in [2.05, 4.69) is 17.2 Å². The van der Waals surface area contributed by atoms with Gasteiger partial charge in [-0.2, -0.15) is 0 Å². The topological polar surface area (TPSA) is 127 Å². The van der Waals surface area contributed by atoms with Gasteiger partial charge in [0.15, 0.2) is 6.10 Å². The molecule has 0 spiro atoms. The molecule has 0 radical (unpaired) electrons. The number of rotatable bonds is 29. The van der Waals surface area contributed by atoms with Crippen molar-refractivity contribution >= 4 is 24.3 Å². The minimum Gasteiger partial charge on any atom is -0.464 e. The molecule has 0 aliphatic rings. The van der Waals surface area contributed by atoms with Crippen LogP contribution in [0.3, 0.4) is 0 Å². The van der Waals surface area contributed by atoms with Gasteiger partial charge in [-0.1, -0.05) is 84.0 Å². The summed E-state index contributed by atoms with van der Waals surface area (Å²) in [5, 5.41) is 3.08. The summed E-state index contributed by atoms with van der Waals surface area (Å²) in [6, 6.07) is 3.08. The van der Waals surface area contributed by atoms with Crippen molar-refractivity contribution in [1.82, 2.24) is 20.1 Å². The number of nitrogens with zero attached hydrogens (tertiary/aromatic N) is 3. The van der Waals surface area contributed by atoms with Crippen molar-refractivity contribution in [2.75, 3.05) is 53.5 Å². The van der Waals surface area contributed by atoms with Crippen molar-refractivity contribution < 1.29 is 33.4 Å². The minimum absolute atomic E-state index is 0.0124. The third-order valence-corrected chi connectivity index (χ3v) is 7.72. The van der Waals surface area contributed by atoms with E-state index in [1.807, 2.05) is 25.9 Å². The van der Waals surface area contributed by atoms with E-state index >= 15 is 0 Å². The fourth-order valence-electron chi connectivity index (χ4n) is 4.92. The molecule has 1 aromatic heterocycles. The van der Waals surface area contributed by atoms with Crippen LogP contribution < -0.4 is 5.32 Å². The van der Waals surface area contributed by atoms with Crippen LogP contribution in [0.4, 0.5) is 0 Å². The van der Waals surface area contributed by atoms with Gasteiger partial charge in [-0.25, -0.2) is 4.79 Å². The number of carbonyl (C=O) groups is 4. The van der Waals surface area contributed by atoms with Crippen LogP contribution in [0.2, 0.25) is 0 Å². The molecule has 0 aliphatic carbocycles. The van der Waals surface area contributed by atoms with Crippen molar-refractivity contribution in [2.24, 2.45) is 0 Å². The highest BCUT2D eigenvalue weighted by Gasteiger charge is 2.20.